The molecule has 92 valence electrons. The zero-order valence-corrected chi connectivity index (χ0v) is 10.2. The van der Waals surface area contributed by atoms with Crippen LogP contribution in [0.15, 0.2) is 70.7 Å². The molecule has 0 N–H and O–H groups in total. The maximum absolute atomic E-state index is 11.7. The van der Waals surface area contributed by atoms with Gasteiger partial charge < -0.3 is 0 Å². The summed E-state index contributed by atoms with van der Waals surface area (Å²) in [4.78, 5) is 0.0789. The first-order valence-corrected chi connectivity index (χ1v) is 6.66. The Bertz CT molecular complexity index is 622. The van der Waals surface area contributed by atoms with Gasteiger partial charge >= 0.3 is 10.1 Å². The average molecular weight is 261 g/mol. The second kappa shape index (κ2) is 5.46. The van der Waals surface area contributed by atoms with Crippen molar-refractivity contribution in [2.45, 2.75) is 4.90 Å². The van der Waals surface area contributed by atoms with E-state index in [0.717, 1.165) is 5.56 Å². The van der Waals surface area contributed by atoms with Crippen LogP contribution in [0.2, 0.25) is 0 Å². The van der Waals surface area contributed by atoms with Crippen LogP contribution in [0.3, 0.4) is 0 Å². The van der Waals surface area contributed by atoms with Crippen molar-refractivity contribution in [3.8, 4) is 0 Å². The first-order chi connectivity index (χ1) is 8.68. The molecule has 0 saturated heterocycles. The number of hydrogen-bond donors (Lipinski definition) is 0. The van der Waals surface area contributed by atoms with Crippen molar-refractivity contribution in [2.75, 3.05) is 0 Å². The van der Waals surface area contributed by atoms with Gasteiger partial charge in [-0.2, -0.15) is 8.42 Å². The minimum Gasteiger partial charge on any atom is -0.265 e. The van der Waals surface area contributed by atoms with Crippen molar-refractivity contribution < 1.29 is 12.7 Å². The Morgan fingerprint density at radius 3 is 2.06 bits per heavy atom. The molecular formula is C13H11NO3S. The van der Waals surface area contributed by atoms with Gasteiger partial charge in [0.25, 0.3) is 0 Å². The number of oxime groups is 1. The van der Waals surface area contributed by atoms with Crippen LogP contribution in [0, 0.1) is 0 Å². The molecular weight excluding hydrogens is 250 g/mol. The average Bonchev–Trinajstić information content (AvgIpc) is 2.41. The summed E-state index contributed by atoms with van der Waals surface area (Å²) in [6.45, 7) is 0. The van der Waals surface area contributed by atoms with E-state index in [1.54, 1.807) is 30.3 Å². The van der Waals surface area contributed by atoms with Gasteiger partial charge in [-0.3, -0.25) is 4.28 Å². The van der Waals surface area contributed by atoms with Crippen molar-refractivity contribution in [3.05, 3.63) is 66.2 Å². The lowest BCUT2D eigenvalue weighted by atomic mass is 10.2. The van der Waals surface area contributed by atoms with Gasteiger partial charge in [-0.25, -0.2) is 0 Å². The third-order valence-electron chi connectivity index (χ3n) is 2.17. The number of rotatable bonds is 4. The van der Waals surface area contributed by atoms with Crippen LogP contribution in [0.1, 0.15) is 5.56 Å². The van der Waals surface area contributed by atoms with E-state index in [-0.39, 0.29) is 4.90 Å². The standard InChI is InChI=1S/C13H11NO3S/c15-18(16,13-9-5-2-6-10-13)17-14-11-12-7-3-1-4-8-12/h1-11H. The first-order valence-electron chi connectivity index (χ1n) is 5.25. The molecule has 2 aromatic carbocycles. The van der Waals surface area contributed by atoms with E-state index in [4.69, 9.17) is 0 Å². The summed E-state index contributed by atoms with van der Waals surface area (Å²) < 4.78 is 27.9. The van der Waals surface area contributed by atoms with Crippen molar-refractivity contribution >= 4 is 16.3 Å². The fraction of sp³-hybridized carbons (Fsp3) is 0. The van der Waals surface area contributed by atoms with Crippen LogP contribution in [-0.2, 0) is 14.4 Å². The zero-order chi connectivity index (χ0) is 12.8. The predicted octanol–water partition coefficient (Wildman–Crippen LogP) is 2.43. The minimum atomic E-state index is -3.83. The highest BCUT2D eigenvalue weighted by atomic mass is 32.2. The second-order valence-corrected chi connectivity index (χ2v) is 5.02. The molecule has 0 aliphatic carbocycles. The molecule has 0 amide bonds. The predicted molar refractivity (Wildman–Crippen MR) is 68.7 cm³/mol. The number of benzene rings is 2. The zero-order valence-electron chi connectivity index (χ0n) is 9.43. The van der Waals surface area contributed by atoms with Crippen LogP contribution >= 0.6 is 0 Å². The summed E-state index contributed by atoms with van der Waals surface area (Å²) in [6.07, 6.45) is 1.35. The fourth-order valence-electron chi connectivity index (χ4n) is 1.31. The Morgan fingerprint density at radius 2 is 1.44 bits per heavy atom. The van der Waals surface area contributed by atoms with E-state index in [1.165, 1.54) is 18.3 Å². The molecule has 0 fully saturated rings. The van der Waals surface area contributed by atoms with Crippen LogP contribution < -0.4 is 0 Å². The van der Waals surface area contributed by atoms with Gasteiger partial charge in [0.05, 0.1) is 6.21 Å². The highest BCUT2D eigenvalue weighted by Gasteiger charge is 2.13. The molecule has 0 aliphatic rings. The van der Waals surface area contributed by atoms with E-state index in [1.807, 2.05) is 18.2 Å². The third kappa shape index (κ3) is 3.18. The van der Waals surface area contributed by atoms with Crippen molar-refractivity contribution in [1.29, 1.82) is 0 Å². The summed E-state index contributed by atoms with van der Waals surface area (Å²) in [5.74, 6) is 0. The molecule has 0 bridgehead atoms. The van der Waals surface area contributed by atoms with E-state index < -0.39 is 10.1 Å². The van der Waals surface area contributed by atoms with Crippen LogP contribution in [-0.4, -0.2) is 14.6 Å². The maximum Gasteiger partial charge on any atom is 0.358 e. The molecule has 0 aromatic heterocycles. The van der Waals surface area contributed by atoms with Gasteiger partial charge in [0, 0.05) is 0 Å². The van der Waals surface area contributed by atoms with Crippen molar-refractivity contribution in [3.63, 3.8) is 0 Å². The largest absolute Gasteiger partial charge is 0.358 e. The third-order valence-corrected chi connectivity index (χ3v) is 3.31. The Labute approximate surface area is 106 Å². The topological polar surface area (TPSA) is 55.7 Å². The molecule has 0 heterocycles. The monoisotopic (exact) mass is 261 g/mol. The van der Waals surface area contributed by atoms with E-state index in [2.05, 4.69) is 9.44 Å². The van der Waals surface area contributed by atoms with E-state index >= 15 is 0 Å². The molecule has 0 spiro atoms. The summed E-state index contributed by atoms with van der Waals surface area (Å²) in [5, 5.41) is 3.48. The SMILES string of the molecule is O=S(=O)(ON=Cc1ccccc1)c1ccccc1. The molecule has 2 aromatic rings. The van der Waals surface area contributed by atoms with E-state index in [0.29, 0.717) is 0 Å². The molecule has 2 rings (SSSR count). The van der Waals surface area contributed by atoms with Crippen molar-refractivity contribution in [2.24, 2.45) is 5.16 Å². The molecule has 0 saturated carbocycles. The van der Waals surface area contributed by atoms with Gasteiger partial charge in [0.2, 0.25) is 0 Å². The Balaban J connectivity index is 2.09. The summed E-state index contributed by atoms with van der Waals surface area (Å²) in [6, 6.07) is 17.0. The van der Waals surface area contributed by atoms with Gasteiger partial charge in [0.15, 0.2) is 0 Å². The first kappa shape index (κ1) is 12.3. The summed E-state index contributed by atoms with van der Waals surface area (Å²) in [7, 11) is -3.83. The molecule has 0 unspecified atom stereocenters. The van der Waals surface area contributed by atoms with Gasteiger partial charge in [-0.1, -0.05) is 53.7 Å². The lowest BCUT2D eigenvalue weighted by Crippen LogP contribution is -2.02. The second-order valence-electron chi connectivity index (χ2n) is 3.49. The molecule has 5 heteroatoms. The number of nitrogens with zero attached hydrogens (tertiary/aromatic N) is 1. The van der Waals surface area contributed by atoms with Gasteiger partial charge in [0.1, 0.15) is 4.90 Å². The lowest BCUT2D eigenvalue weighted by Gasteiger charge is -2.00. The van der Waals surface area contributed by atoms with Gasteiger partial charge in [-0.15, -0.1) is 0 Å². The minimum absolute atomic E-state index is 0.0789. The smallest absolute Gasteiger partial charge is 0.265 e. The normalized spacial score (nSPS) is 11.6. The quantitative estimate of drug-likeness (QED) is 0.627. The molecule has 0 aliphatic heterocycles. The molecule has 4 nitrogen and oxygen atoms in total. The van der Waals surface area contributed by atoms with Crippen LogP contribution in [0.5, 0.6) is 0 Å². The fourth-order valence-corrected chi connectivity index (χ4v) is 2.04. The van der Waals surface area contributed by atoms with Crippen molar-refractivity contribution in [1.82, 2.24) is 0 Å². The summed E-state index contributed by atoms with van der Waals surface area (Å²) in [5.41, 5.74) is 0.765. The lowest BCUT2D eigenvalue weighted by molar-refractivity contribution is 0.341. The highest BCUT2D eigenvalue weighted by Crippen LogP contribution is 2.11. The number of hydrogen-bond acceptors (Lipinski definition) is 4. The Hall–Kier alpha value is -2.14. The van der Waals surface area contributed by atoms with Crippen LogP contribution in [0.4, 0.5) is 0 Å². The molecule has 0 radical (unpaired) electrons. The van der Waals surface area contributed by atoms with Gasteiger partial charge in [-0.05, 0) is 17.7 Å². The Morgan fingerprint density at radius 1 is 0.889 bits per heavy atom. The van der Waals surface area contributed by atoms with E-state index in [9.17, 15) is 8.42 Å². The highest BCUT2D eigenvalue weighted by molar-refractivity contribution is 7.86. The van der Waals surface area contributed by atoms with Crippen LogP contribution in [0.25, 0.3) is 0 Å². The molecule has 0 atom stereocenters. The summed E-state index contributed by atoms with van der Waals surface area (Å²) >= 11 is 0. The maximum atomic E-state index is 11.7. The Kier molecular flexibility index (Phi) is 3.74. The molecule has 18 heavy (non-hydrogen) atoms.